The first-order valence-corrected chi connectivity index (χ1v) is 8.17. The molecule has 0 atom stereocenters. The van der Waals surface area contributed by atoms with E-state index in [4.69, 9.17) is 0 Å². The summed E-state index contributed by atoms with van der Waals surface area (Å²) in [6.45, 7) is 3.31. The summed E-state index contributed by atoms with van der Waals surface area (Å²) in [6, 6.07) is 10.1. The Bertz CT molecular complexity index is 562. The van der Waals surface area contributed by atoms with Crippen molar-refractivity contribution < 1.29 is 4.79 Å². The van der Waals surface area contributed by atoms with Crippen LogP contribution in [0.1, 0.15) is 11.3 Å². The van der Waals surface area contributed by atoms with E-state index < -0.39 is 0 Å². The van der Waals surface area contributed by atoms with Crippen LogP contribution in [0.2, 0.25) is 0 Å². The number of amides is 1. The molecule has 1 aliphatic heterocycles. The average Bonchev–Trinajstić information content (AvgIpc) is 3.07. The molecule has 5 heteroatoms. The van der Waals surface area contributed by atoms with Crippen LogP contribution in [0.3, 0.4) is 0 Å². The Kier molecular flexibility index (Phi) is 4.50. The Labute approximate surface area is 129 Å². The topological polar surface area (TPSA) is 36.4 Å². The Balaban J connectivity index is 1.48. The molecule has 1 saturated heterocycles. The smallest absolute Gasteiger partial charge is 0.223 e. The number of anilines is 1. The average molecular weight is 301 g/mol. The number of carbonyl (C=O) groups excluding carboxylic acids is 1. The molecule has 1 amide bonds. The van der Waals surface area contributed by atoms with E-state index >= 15 is 0 Å². The zero-order valence-electron chi connectivity index (χ0n) is 11.9. The predicted octanol–water partition coefficient (Wildman–Crippen LogP) is 2.42. The van der Waals surface area contributed by atoms with E-state index in [0.717, 1.165) is 38.4 Å². The summed E-state index contributed by atoms with van der Waals surface area (Å²) < 4.78 is 0. The number of aromatic nitrogens is 1. The van der Waals surface area contributed by atoms with Gasteiger partial charge in [0.25, 0.3) is 0 Å². The zero-order chi connectivity index (χ0) is 14.5. The van der Waals surface area contributed by atoms with Crippen LogP contribution < -0.4 is 4.90 Å². The van der Waals surface area contributed by atoms with Gasteiger partial charge < -0.3 is 9.80 Å². The number of pyridine rings is 1. The first kappa shape index (κ1) is 14.1. The van der Waals surface area contributed by atoms with Gasteiger partial charge in [-0.2, -0.15) is 0 Å². The van der Waals surface area contributed by atoms with Gasteiger partial charge in [0.15, 0.2) is 0 Å². The fourth-order valence-corrected chi connectivity index (χ4v) is 3.28. The van der Waals surface area contributed by atoms with Crippen molar-refractivity contribution in [2.75, 3.05) is 31.1 Å². The van der Waals surface area contributed by atoms with Crippen LogP contribution in [0.4, 0.5) is 5.82 Å². The normalized spacial score (nSPS) is 15.2. The minimum absolute atomic E-state index is 0.268. The molecular weight excluding hydrogens is 282 g/mol. The maximum atomic E-state index is 12.2. The summed E-state index contributed by atoms with van der Waals surface area (Å²) in [5.41, 5.74) is 0. The van der Waals surface area contributed by atoms with E-state index in [-0.39, 0.29) is 5.91 Å². The number of hydrogen-bond acceptors (Lipinski definition) is 4. The van der Waals surface area contributed by atoms with Gasteiger partial charge >= 0.3 is 0 Å². The standard InChI is InChI=1S/C16H19N3OS/c20-16(7-6-14-4-3-13-21-14)19-11-9-18(10-12-19)15-5-1-2-8-17-15/h1-5,8,13H,6-7,9-12H2. The van der Waals surface area contributed by atoms with E-state index in [0.29, 0.717) is 6.42 Å². The van der Waals surface area contributed by atoms with Crippen LogP contribution in [0.15, 0.2) is 41.9 Å². The molecule has 2 aromatic heterocycles. The Hall–Kier alpha value is -1.88. The molecule has 0 aliphatic carbocycles. The summed E-state index contributed by atoms with van der Waals surface area (Å²) in [5, 5.41) is 2.06. The SMILES string of the molecule is O=C(CCc1cccs1)N1CCN(c2ccccn2)CC1. The summed E-state index contributed by atoms with van der Waals surface area (Å²) in [6.07, 6.45) is 3.29. The molecule has 0 unspecified atom stereocenters. The quantitative estimate of drug-likeness (QED) is 0.870. The highest BCUT2D eigenvalue weighted by Crippen LogP contribution is 2.15. The van der Waals surface area contributed by atoms with E-state index in [1.54, 1.807) is 11.3 Å². The number of hydrogen-bond donors (Lipinski definition) is 0. The third kappa shape index (κ3) is 3.61. The molecule has 1 fully saturated rings. The number of aryl methyl sites for hydroxylation is 1. The molecule has 4 nitrogen and oxygen atoms in total. The van der Waals surface area contributed by atoms with Crippen molar-refractivity contribution in [2.24, 2.45) is 0 Å². The van der Waals surface area contributed by atoms with E-state index in [2.05, 4.69) is 21.3 Å². The predicted molar refractivity (Wildman–Crippen MR) is 85.7 cm³/mol. The second kappa shape index (κ2) is 6.72. The van der Waals surface area contributed by atoms with Gasteiger partial charge in [-0.05, 0) is 30.0 Å². The molecule has 3 heterocycles. The highest BCUT2D eigenvalue weighted by atomic mass is 32.1. The van der Waals surface area contributed by atoms with E-state index in [1.165, 1.54) is 4.88 Å². The fourth-order valence-electron chi connectivity index (χ4n) is 2.57. The fraction of sp³-hybridized carbons (Fsp3) is 0.375. The van der Waals surface area contributed by atoms with Crippen LogP contribution in [0.25, 0.3) is 0 Å². The van der Waals surface area contributed by atoms with Crippen molar-refractivity contribution in [3.05, 3.63) is 46.8 Å². The number of carbonyl (C=O) groups is 1. The Morgan fingerprint density at radius 1 is 1.14 bits per heavy atom. The maximum Gasteiger partial charge on any atom is 0.223 e. The molecule has 110 valence electrons. The number of nitrogens with zero attached hydrogens (tertiary/aromatic N) is 3. The molecule has 3 rings (SSSR count). The lowest BCUT2D eigenvalue weighted by Gasteiger charge is -2.35. The first-order chi connectivity index (χ1) is 10.3. The van der Waals surface area contributed by atoms with Gasteiger partial charge in [0.1, 0.15) is 5.82 Å². The van der Waals surface area contributed by atoms with E-state index in [9.17, 15) is 4.79 Å². The monoisotopic (exact) mass is 301 g/mol. The molecule has 0 bridgehead atoms. The lowest BCUT2D eigenvalue weighted by molar-refractivity contribution is -0.131. The first-order valence-electron chi connectivity index (χ1n) is 7.29. The Morgan fingerprint density at radius 2 is 2.00 bits per heavy atom. The number of thiophene rings is 1. The molecule has 0 radical (unpaired) electrons. The van der Waals surface area contributed by atoms with Crippen molar-refractivity contribution in [2.45, 2.75) is 12.8 Å². The van der Waals surface area contributed by atoms with Crippen LogP contribution in [-0.4, -0.2) is 42.0 Å². The summed E-state index contributed by atoms with van der Waals surface area (Å²) in [7, 11) is 0. The molecule has 1 aliphatic rings. The molecule has 0 aromatic carbocycles. The Morgan fingerprint density at radius 3 is 2.67 bits per heavy atom. The van der Waals surface area contributed by atoms with Crippen LogP contribution >= 0.6 is 11.3 Å². The second-order valence-electron chi connectivity index (χ2n) is 5.14. The van der Waals surface area contributed by atoms with Crippen LogP contribution in [-0.2, 0) is 11.2 Å². The molecule has 0 N–H and O–H groups in total. The number of piperazine rings is 1. The van der Waals surface area contributed by atoms with Crippen LogP contribution in [0.5, 0.6) is 0 Å². The van der Waals surface area contributed by atoms with Crippen molar-refractivity contribution in [3.63, 3.8) is 0 Å². The van der Waals surface area contributed by atoms with Crippen molar-refractivity contribution in [1.29, 1.82) is 0 Å². The second-order valence-corrected chi connectivity index (χ2v) is 6.17. The molecule has 21 heavy (non-hydrogen) atoms. The highest BCUT2D eigenvalue weighted by molar-refractivity contribution is 7.09. The molecule has 2 aromatic rings. The molecule has 0 saturated carbocycles. The third-order valence-electron chi connectivity index (χ3n) is 3.77. The van der Waals surface area contributed by atoms with Gasteiger partial charge in [-0.25, -0.2) is 4.98 Å². The third-order valence-corrected chi connectivity index (χ3v) is 4.71. The lowest BCUT2D eigenvalue weighted by atomic mass is 10.2. The summed E-state index contributed by atoms with van der Waals surface area (Å²) >= 11 is 1.72. The van der Waals surface area contributed by atoms with E-state index in [1.807, 2.05) is 35.4 Å². The molecule has 0 spiro atoms. The van der Waals surface area contributed by atoms with Gasteiger partial charge in [-0.1, -0.05) is 12.1 Å². The van der Waals surface area contributed by atoms with Gasteiger partial charge in [-0.3, -0.25) is 4.79 Å². The van der Waals surface area contributed by atoms with Crippen molar-refractivity contribution in [3.8, 4) is 0 Å². The summed E-state index contributed by atoms with van der Waals surface area (Å²) in [5.74, 6) is 1.27. The van der Waals surface area contributed by atoms with Gasteiger partial charge in [0, 0.05) is 43.7 Å². The zero-order valence-corrected chi connectivity index (χ0v) is 12.8. The highest BCUT2D eigenvalue weighted by Gasteiger charge is 2.21. The van der Waals surface area contributed by atoms with Gasteiger partial charge in [0.05, 0.1) is 0 Å². The molecular formula is C16H19N3OS. The summed E-state index contributed by atoms with van der Waals surface area (Å²) in [4.78, 5) is 22.1. The minimum atomic E-state index is 0.268. The van der Waals surface area contributed by atoms with Crippen molar-refractivity contribution >= 4 is 23.1 Å². The van der Waals surface area contributed by atoms with Gasteiger partial charge in [-0.15, -0.1) is 11.3 Å². The maximum absolute atomic E-state index is 12.2. The minimum Gasteiger partial charge on any atom is -0.353 e. The number of rotatable bonds is 4. The van der Waals surface area contributed by atoms with Gasteiger partial charge in [0.2, 0.25) is 5.91 Å². The van der Waals surface area contributed by atoms with Crippen LogP contribution in [0, 0.1) is 0 Å². The largest absolute Gasteiger partial charge is 0.353 e. The van der Waals surface area contributed by atoms with Crippen molar-refractivity contribution in [1.82, 2.24) is 9.88 Å². The lowest BCUT2D eigenvalue weighted by Crippen LogP contribution is -2.49.